The number of rotatable bonds is 4. The van der Waals surface area contributed by atoms with Gasteiger partial charge in [0.1, 0.15) is 12.3 Å². The number of pyridine rings is 1. The Balaban J connectivity index is 1.53. The van der Waals surface area contributed by atoms with Gasteiger partial charge in [-0.2, -0.15) is 5.10 Å². The average molecular weight is 382 g/mol. The quantitative estimate of drug-likeness (QED) is 0.695. The number of thiophene rings is 1. The number of fused-ring (bicyclic) bond motifs is 1. The first-order chi connectivity index (χ1) is 13.0. The molecule has 0 bridgehead atoms. The lowest BCUT2D eigenvalue weighted by atomic mass is 10.1. The third kappa shape index (κ3) is 3.60. The van der Waals surface area contributed by atoms with Gasteiger partial charge in [0.05, 0.1) is 4.88 Å². The first-order valence-corrected chi connectivity index (χ1v) is 9.77. The molecule has 1 aliphatic heterocycles. The van der Waals surface area contributed by atoms with Crippen molar-refractivity contribution in [2.75, 3.05) is 6.54 Å². The third-order valence-electron chi connectivity index (χ3n) is 4.81. The summed E-state index contributed by atoms with van der Waals surface area (Å²) in [5.41, 5.74) is 4.25. The molecule has 140 valence electrons. The number of carbonyl (C=O) groups excluding carboxylic acids is 1. The van der Waals surface area contributed by atoms with Crippen LogP contribution in [0.2, 0.25) is 0 Å². The van der Waals surface area contributed by atoms with Crippen LogP contribution in [0.25, 0.3) is 0 Å². The van der Waals surface area contributed by atoms with Gasteiger partial charge in [0.25, 0.3) is 5.91 Å². The summed E-state index contributed by atoms with van der Waals surface area (Å²) in [6, 6.07) is 7.75. The van der Waals surface area contributed by atoms with Crippen molar-refractivity contribution in [3.63, 3.8) is 0 Å². The maximum atomic E-state index is 12.8. The molecule has 4 rings (SSSR count). The number of carbonyl (C=O) groups is 1. The number of hydrogen-bond acceptors (Lipinski definition) is 5. The third-order valence-corrected chi connectivity index (χ3v) is 5.80. The van der Waals surface area contributed by atoms with Crippen molar-refractivity contribution in [3.05, 3.63) is 62.7 Å². The zero-order valence-corrected chi connectivity index (χ0v) is 16.5. The van der Waals surface area contributed by atoms with Crippen LogP contribution in [0.4, 0.5) is 0 Å². The monoisotopic (exact) mass is 382 g/mol. The predicted octanol–water partition coefficient (Wildman–Crippen LogP) is 3.27. The van der Waals surface area contributed by atoms with Gasteiger partial charge in [0, 0.05) is 55.0 Å². The van der Waals surface area contributed by atoms with E-state index < -0.39 is 0 Å². The first-order valence-electron chi connectivity index (χ1n) is 8.96. The van der Waals surface area contributed by atoms with Gasteiger partial charge < -0.3 is 9.64 Å². The van der Waals surface area contributed by atoms with Crippen molar-refractivity contribution in [2.24, 2.45) is 7.05 Å². The fourth-order valence-electron chi connectivity index (χ4n) is 3.39. The van der Waals surface area contributed by atoms with E-state index in [2.05, 4.69) is 10.1 Å². The molecule has 0 saturated heterocycles. The molecule has 0 saturated carbocycles. The molecule has 0 aromatic carbocycles. The highest BCUT2D eigenvalue weighted by Gasteiger charge is 2.28. The summed E-state index contributed by atoms with van der Waals surface area (Å²) in [4.78, 5) is 20.9. The van der Waals surface area contributed by atoms with E-state index in [1.54, 1.807) is 17.5 Å². The van der Waals surface area contributed by atoms with Crippen molar-refractivity contribution in [2.45, 2.75) is 33.4 Å². The minimum Gasteiger partial charge on any atom is -0.471 e. The molecule has 0 atom stereocenters. The second-order valence-electron chi connectivity index (χ2n) is 6.84. The molecule has 0 fully saturated rings. The zero-order chi connectivity index (χ0) is 19.0. The van der Waals surface area contributed by atoms with Crippen LogP contribution in [0.3, 0.4) is 0 Å². The Morgan fingerprint density at radius 2 is 2.15 bits per heavy atom. The molecular formula is C20H22N4O2S. The van der Waals surface area contributed by atoms with Crippen LogP contribution in [-0.4, -0.2) is 32.1 Å². The molecule has 0 unspecified atom stereocenters. The molecular weight excluding hydrogens is 360 g/mol. The Morgan fingerprint density at radius 3 is 2.89 bits per heavy atom. The summed E-state index contributed by atoms with van der Waals surface area (Å²) >= 11 is 1.54. The highest BCUT2D eigenvalue weighted by Crippen LogP contribution is 2.26. The van der Waals surface area contributed by atoms with Gasteiger partial charge in [-0.25, -0.2) is 4.98 Å². The van der Waals surface area contributed by atoms with Crippen LogP contribution in [0.1, 0.15) is 37.1 Å². The first kappa shape index (κ1) is 17.7. The van der Waals surface area contributed by atoms with E-state index in [9.17, 15) is 4.79 Å². The molecule has 27 heavy (non-hydrogen) atoms. The van der Waals surface area contributed by atoms with Crippen molar-refractivity contribution in [3.8, 4) is 5.88 Å². The van der Waals surface area contributed by atoms with Crippen molar-refractivity contribution >= 4 is 17.2 Å². The molecule has 6 nitrogen and oxygen atoms in total. The number of hydrogen-bond donors (Lipinski definition) is 0. The van der Waals surface area contributed by atoms with Crippen molar-refractivity contribution in [1.82, 2.24) is 19.7 Å². The van der Waals surface area contributed by atoms with Crippen LogP contribution in [-0.2, 0) is 26.6 Å². The Bertz CT molecular complexity index is 992. The summed E-state index contributed by atoms with van der Waals surface area (Å²) in [5.74, 6) is 0.682. The van der Waals surface area contributed by atoms with Gasteiger partial charge in [-0.3, -0.25) is 9.48 Å². The Hall–Kier alpha value is -2.67. The van der Waals surface area contributed by atoms with E-state index in [0.29, 0.717) is 25.6 Å². The van der Waals surface area contributed by atoms with E-state index in [1.165, 1.54) is 5.69 Å². The lowest BCUT2D eigenvalue weighted by Crippen LogP contribution is -2.36. The zero-order valence-electron chi connectivity index (χ0n) is 15.7. The van der Waals surface area contributed by atoms with E-state index >= 15 is 0 Å². The van der Waals surface area contributed by atoms with Gasteiger partial charge in [-0.05, 0) is 37.6 Å². The topological polar surface area (TPSA) is 60.3 Å². The minimum absolute atomic E-state index is 0.0924. The molecule has 3 aromatic rings. The van der Waals surface area contributed by atoms with Gasteiger partial charge in [0.2, 0.25) is 5.88 Å². The molecule has 0 spiro atoms. The van der Waals surface area contributed by atoms with Crippen molar-refractivity contribution in [1.29, 1.82) is 0 Å². The SMILES string of the molecule is Cc1ccnc(OCc2nn(C)c3c2CN(C(=O)c2ccc(C)s2)CC3)c1. The number of nitrogens with zero attached hydrogens (tertiary/aromatic N) is 4. The van der Waals surface area contributed by atoms with Gasteiger partial charge in [0.15, 0.2) is 0 Å². The van der Waals surface area contributed by atoms with Crippen LogP contribution in [0.5, 0.6) is 5.88 Å². The number of aryl methyl sites for hydroxylation is 3. The maximum absolute atomic E-state index is 12.8. The minimum atomic E-state index is 0.0924. The van der Waals surface area contributed by atoms with E-state index in [4.69, 9.17) is 4.74 Å². The highest BCUT2D eigenvalue weighted by molar-refractivity contribution is 7.13. The van der Waals surface area contributed by atoms with E-state index in [1.807, 2.05) is 54.7 Å². The Morgan fingerprint density at radius 1 is 1.30 bits per heavy atom. The molecule has 3 aromatic heterocycles. The van der Waals surface area contributed by atoms with Gasteiger partial charge in [-0.1, -0.05) is 0 Å². The Kier molecular flexibility index (Phi) is 4.70. The van der Waals surface area contributed by atoms with Crippen LogP contribution >= 0.6 is 11.3 Å². The standard InChI is InChI=1S/C20H22N4O2S/c1-13-6-8-21-19(10-13)26-12-16-15-11-24(9-7-17(15)23(3)22-16)20(25)18-5-4-14(2)27-18/h4-6,8,10H,7,9,11-12H2,1-3H3. The smallest absolute Gasteiger partial charge is 0.264 e. The van der Waals surface area contributed by atoms with E-state index in [-0.39, 0.29) is 5.91 Å². The largest absolute Gasteiger partial charge is 0.471 e. The molecule has 0 aliphatic carbocycles. The summed E-state index contributed by atoms with van der Waals surface area (Å²) in [7, 11) is 1.95. The molecule has 0 N–H and O–H groups in total. The molecule has 4 heterocycles. The Labute approximate surface area is 162 Å². The molecule has 1 amide bonds. The predicted molar refractivity (Wildman–Crippen MR) is 104 cm³/mol. The molecule has 0 radical (unpaired) electrons. The van der Waals surface area contributed by atoms with Crippen molar-refractivity contribution < 1.29 is 9.53 Å². The second-order valence-corrected chi connectivity index (χ2v) is 8.13. The average Bonchev–Trinajstić information content (AvgIpc) is 3.23. The van der Waals surface area contributed by atoms with Gasteiger partial charge >= 0.3 is 0 Å². The fourth-order valence-corrected chi connectivity index (χ4v) is 4.23. The number of ether oxygens (including phenoxy) is 1. The molecule has 1 aliphatic rings. The molecule has 7 heteroatoms. The summed E-state index contributed by atoms with van der Waals surface area (Å²) in [6.45, 7) is 5.65. The number of amides is 1. The summed E-state index contributed by atoms with van der Waals surface area (Å²) in [6.07, 6.45) is 2.54. The summed E-state index contributed by atoms with van der Waals surface area (Å²) < 4.78 is 7.76. The normalized spacial score (nSPS) is 13.5. The summed E-state index contributed by atoms with van der Waals surface area (Å²) in [5, 5.41) is 4.63. The van der Waals surface area contributed by atoms with Gasteiger partial charge in [-0.15, -0.1) is 11.3 Å². The fraction of sp³-hybridized carbons (Fsp3) is 0.350. The lowest BCUT2D eigenvalue weighted by Gasteiger charge is -2.27. The lowest BCUT2D eigenvalue weighted by molar-refractivity contribution is 0.0737. The maximum Gasteiger partial charge on any atom is 0.264 e. The van der Waals surface area contributed by atoms with Crippen LogP contribution in [0.15, 0.2) is 30.5 Å². The highest BCUT2D eigenvalue weighted by atomic mass is 32.1. The second kappa shape index (κ2) is 7.15. The van der Waals surface area contributed by atoms with Crippen LogP contribution in [0, 0.1) is 13.8 Å². The van der Waals surface area contributed by atoms with Crippen LogP contribution < -0.4 is 4.74 Å². The number of aromatic nitrogens is 3. The van der Waals surface area contributed by atoms with E-state index in [0.717, 1.165) is 33.0 Å².